The predicted molar refractivity (Wildman–Crippen MR) is 103 cm³/mol. The fourth-order valence-electron chi connectivity index (χ4n) is 2.63. The summed E-state index contributed by atoms with van der Waals surface area (Å²) < 4.78 is 5.94. The van der Waals surface area contributed by atoms with Gasteiger partial charge in [-0.3, -0.25) is 10.1 Å². The van der Waals surface area contributed by atoms with Gasteiger partial charge in [-0.2, -0.15) is 4.98 Å². The average Bonchev–Trinajstić information content (AvgIpc) is 2.69. The van der Waals surface area contributed by atoms with Crippen LogP contribution in [0.2, 0.25) is 5.02 Å². The first-order valence-corrected chi connectivity index (χ1v) is 8.43. The fraction of sp³-hybridized carbons (Fsp3) is 0. The molecule has 27 heavy (non-hydrogen) atoms. The summed E-state index contributed by atoms with van der Waals surface area (Å²) in [6, 6.07) is 20.6. The second kappa shape index (κ2) is 7.01. The zero-order chi connectivity index (χ0) is 18.8. The Kier molecular flexibility index (Phi) is 4.40. The van der Waals surface area contributed by atoms with E-state index in [1.54, 1.807) is 36.4 Å². The van der Waals surface area contributed by atoms with E-state index in [1.165, 1.54) is 12.1 Å². The summed E-state index contributed by atoms with van der Waals surface area (Å²) >= 11 is 5.92. The van der Waals surface area contributed by atoms with E-state index in [-0.39, 0.29) is 5.69 Å². The molecule has 0 fully saturated rings. The van der Waals surface area contributed by atoms with Gasteiger partial charge < -0.3 is 4.74 Å². The van der Waals surface area contributed by atoms with Gasteiger partial charge in [-0.05, 0) is 36.4 Å². The lowest BCUT2D eigenvalue weighted by Gasteiger charge is -2.10. The van der Waals surface area contributed by atoms with E-state index >= 15 is 0 Å². The van der Waals surface area contributed by atoms with Gasteiger partial charge >= 0.3 is 0 Å². The molecule has 0 aliphatic carbocycles. The molecule has 132 valence electrons. The summed E-state index contributed by atoms with van der Waals surface area (Å²) in [6.07, 6.45) is 0. The molecule has 0 spiro atoms. The van der Waals surface area contributed by atoms with E-state index in [2.05, 4.69) is 9.97 Å². The quantitative estimate of drug-likeness (QED) is 0.339. The lowest BCUT2D eigenvalue weighted by molar-refractivity contribution is -0.384. The van der Waals surface area contributed by atoms with Crippen LogP contribution in [0, 0.1) is 10.1 Å². The summed E-state index contributed by atoms with van der Waals surface area (Å²) in [4.78, 5) is 19.6. The number of nitro groups is 1. The second-order valence-electron chi connectivity index (χ2n) is 5.73. The number of aromatic nitrogens is 2. The fourth-order valence-corrected chi connectivity index (χ4v) is 2.75. The highest BCUT2D eigenvalue weighted by Gasteiger charge is 2.14. The lowest BCUT2D eigenvalue weighted by Crippen LogP contribution is -1.96. The van der Waals surface area contributed by atoms with Crippen LogP contribution in [0.15, 0.2) is 72.8 Å². The molecule has 0 bridgehead atoms. The van der Waals surface area contributed by atoms with Gasteiger partial charge in [0.15, 0.2) is 5.82 Å². The van der Waals surface area contributed by atoms with Crippen molar-refractivity contribution in [2.45, 2.75) is 0 Å². The molecule has 6 nitrogen and oxygen atoms in total. The Bertz CT molecular complexity index is 1150. The van der Waals surface area contributed by atoms with Gasteiger partial charge in [0.1, 0.15) is 5.75 Å². The SMILES string of the molecule is O=[N+]([O-])c1cccc(-c2nc(Oc3ccc(Cl)cc3)c3ccccc3n2)c1. The third kappa shape index (κ3) is 3.56. The molecule has 1 heterocycles. The van der Waals surface area contributed by atoms with Crippen LogP contribution < -0.4 is 4.74 Å². The standard InChI is InChI=1S/C20H12ClN3O3/c21-14-8-10-16(11-9-14)27-20-17-6-1-2-7-18(17)22-19(23-20)13-4-3-5-15(12-13)24(25)26/h1-12H. The third-order valence-corrected chi connectivity index (χ3v) is 4.16. The molecule has 3 aromatic carbocycles. The Morgan fingerprint density at radius 1 is 0.926 bits per heavy atom. The molecule has 0 aliphatic heterocycles. The number of non-ortho nitro benzene ring substituents is 1. The van der Waals surface area contributed by atoms with E-state index in [1.807, 2.05) is 24.3 Å². The van der Waals surface area contributed by atoms with Crippen LogP contribution in [0.5, 0.6) is 11.6 Å². The van der Waals surface area contributed by atoms with E-state index in [0.29, 0.717) is 33.6 Å². The number of hydrogen-bond donors (Lipinski definition) is 0. The van der Waals surface area contributed by atoms with Gasteiger partial charge in [0, 0.05) is 22.7 Å². The van der Waals surface area contributed by atoms with Gasteiger partial charge in [-0.15, -0.1) is 0 Å². The molecular weight excluding hydrogens is 366 g/mol. The van der Waals surface area contributed by atoms with Crippen LogP contribution >= 0.6 is 11.6 Å². The smallest absolute Gasteiger partial charge is 0.270 e. The number of para-hydroxylation sites is 1. The van der Waals surface area contributed by atoms with E-state index in [0.717, 1.165) is 5.39 Å². The van der Waals surface area contributed by atoms with Gasteiger partial charge in [-0.25, -0.2) is 4.98 Å². The molecule has 0 aliphatic rings. The van der Waals surface area contributed by atoms with Gasteiger partial charge in [0.2, 0.25) is 5.88 Å². The minimum Gasteiger partial charge on any atom is -0.438 e. The number of nitrogens with zero attached hydrogens (tertiary/aromatic N) is 3. The first-order valence-electron chi connectivity index (χ1n) is 8.05. The molecule has 1 aromatic heterocycles. The minimum absolute atomic E-state index is 0.0237. The van der Waals surface area contributed by atoms with Crippen molar-refractivity contribution < 1.29 is 9.66 Å². The number of fused-ring (bicyclic) bond motifs is 1. The molecule has 0 amide bonds. The van der Waals surface area contributed by atoms with Crippen LogP contribution in [0.3, 0.4) is 0 Å². The Hall–Kier alpha value is -3.51. The highest BCUT2D eigenvalue weighted by molar-refractivity contribution is 6.30. The molecule has 0 N–H and O–H groups in total. The Morgan fingerprint density at radius 2 is 1.70 bits per heavy atom. The van der Waals surface area contributed by atoms with E-state index in [4.69, 9.17) is 16.3 Å². The van der Waals surface area contributed by atoms with Crippen molar-refractivity contribution in [3.63, 3.8) is 0 Å². The van der Waals surface area contributed by atoms with Crippen molar-refractivity contribution in [1.82, 2.24) is 9.97 Å². The highest BCUT2D eigenvalue weighted by atomic mass is 35.5. The van der Waals surface area contributed by atoms with E-state index in [9.17, 15) is 10.1 Å². The summed E-state index contributed by atoms with van der Waals surface area (Å²) in [5.41, 5.74) is 1.19. The maximum Gasteiger partial charge on any atom is 0.270 e. The van der Waals surface area contributed by atoms with Crippen LogP contribution in [0.4, 0.5) is 5.69 Å². The molecule has 7 heteroatoms. The van der Waals surface area contributed by atoms with Gasteiger partial charge in [0.25, 0.3) is 5.69 Å². The molecule has 0 saturated carbocycles. The average molecular weight is 378 g/mol. The van der Waals surface area contributed by atoms with Crippen molar-refractivity contribution >= 4 is 28.2 Å². The Balaban J connectivity index is 1.84. The van der Waals surface area contributed by atoms with Crippen molar-refractivity contribution in [3.8, 4) is 23.0 Å². The van der Waals surface area contributed by atoms with E-state index < -0.39 is 4.92 Å². The number of benzene rings is 3. The zero-order valence-electron chi connectivity index (χ0n) is 13.9. The molecular formula is C20H12ClN3O3. The monoisotopic (exact) mass is 377 g/mol. The van der Waals surface area contributed by atoms with Crippen molar-refractivity contribution in [2.24, 2.45) is 0 Å². The van der Waals surface area contributed by atoms with Crippen LogP contribution in [0.1, 0.15) is 0 Å². The third-order valence-electron chi connectivity index (χ3n) is 3.91. The Morgan fingerprint density at radius 3 is 2.48 bits per heavy atom. The van der Waals surface area contributed by atoms with Crippen molar-refractivity contribution in [2.75, 3.05) is 0 Å². The maximum absolute atomic E-state index is 11.1. The Labute approximate surface area is 159 Å². The molecule has 0 saturated heterocycles. The largest absolute Gasteiger partial charge is 0.438 e. The summed E-state index contributed by atoms with van der Waals surface area (Å²) in [7, 11) is 0. The van der Waals surface area contributed by atoms with Crippen molar-refractivity contribution in [1.29, 1.82) is 0 Å². The molecule has 0 unspecified atom stereocenters. The predicted octanol–water partition coefficient (Wildman–Crippen LogP) is 5.65. The first-order chi connectivity index (χ1) is 13.1. The number of nitro benzene ring substituents is 1. The summed E-state index contributed by atoms with van der Waals surface area (Å²) in [5, 5.41) is 12.4. The summed E-state index contributed by atoms with van der Waals surface area (Å²) in [6.45, 7) is 0. The first kappa shape index (κ1) is 16.9. The molecule has 0 radical (unpaired) electrons. The van der Waals surface area contributed by atoms with Crippen molar-refractivity contribution in [3.05, 3.63) is 87.9 Å². The minimum atomic E-state index is -0.449. The van der Waals surface area contributed by atoms with Crippen LogP contribution in [-0.2, 0) is 0 Å². The second-order valence-corrected chi connectivity index (χ2v) is 6.17. The number of halogens is 1. The maximum atomic E-state index is 11.1. The lowest BCUT2D eigenvalue weighted by atomic mass is 10.1. The summed E-state index contributed by atoms with van der Waals surface area (Å²) in [5.74, 6) is 1.29. The van der Waals surface area contributed by atoms with Gasteiger partial charge in [0.05, 0.1) is 15.8 Å². The van der Waals surface area contributed by atoms with Crippen LogP contribution in [0.25, 0.3) is 22.3 Å². The van der Waals surface area contributed by atoms with Crippen LogP contribution in [-0.4, -0.2) is 14.9 Å². The molecule has 4 aromatic rings. The number of ether oxygens (including phenoxy) is 1. The van der Waals surface area contributed by atoms with Gasteiger partial charge in [-0.1, -0.05) is 35.9 Å². The topological polar surface area (TPSA) is 78.2 Å². The molecule has 0 atom stereocenters. The normalized spacial score (nSPS) is 10.7. The zero-order valence-corrected chi connectivity index (χ0v) is 14.6. The number of rotatable bonds is 4. The highest BCUT2D eigenvalue weighted by Crippen LogP contribution is 2.31. The molecule has 4 rings (SSSR count). The number of hydrogen-bond acceptors (Lipinski definition) is 5.